The van der Waals surface area contributed by atoms with E-state index in [9.17, 15) is 5.11 Å². The number of aliphatic hydroxyl groups is 1. The molecule has 8 nitrogen and oxygen atoms in total. The van der Waals surface area contributed by atoms with Crippen molar-refractivity contribution < 1.29 is 9.84 Å². The van der Waals surface area contributed by atoms with Crippen LogP contribution >= 0.6 is 24.0 Å². The molecule has 1 fully saturated rings. The number of ether oxygens (including phenoxy) is 1. The molecular formula is C20H31IN6O2. The van der Waals surface area contributed by atoms with Gasteiger partial charge in [0.2, 0.25) is 0 Å². The molecular weight excluding hydrogens is 483 g/mol. The van der Waals surface area contributed by atoms with Gasteiger partial charge in [-0.3, -0.25) is 4.99 Å². The first-order valence-corrected chi connectivity index (χ1v) is 9.67. The number of guanidine groups is 1. The Labute approximate surface area is 189 Å². The van der Waals surface area contributed by atoms with Crippen molar-refractivity contribution in [1.82, 2.24) is 25.4 Å². The number of hydrogen-bond donors (Lipinski definition) is 3. The van der Waals surface area contributed by atoms with Crippen LogP contribution in [0.5, 0.6) is 0 Å². The van der Waals surface area contributed by atoms with Gasteiger partial charge in [0, 0.05) is 50.7 Å². The van der Waals surface area contributed by atoms with Gasteiger partial charge in [0.25, 0.3) is 0 Å². The molecule has 3 rings (SSSR count). The standard InChI is InChI=1S/C20H30N6O2.HI/c1-15-10-16(2)26(25-15)18-5-4-17(11-22-18)12-23-19(21-3)24-13-20(6-8-27)7-9-28-14-20;/h4-5,10-11,27H,6-9,12-14H2,1-3H3,(H2,21,23,24);1H. The number of aromatic nitrogens is 3. The van der Waals surface area contributed by atoms with Crippen LogP contribution in [0.25, 0.3) is 5.82 Å². The Hall–Kier alpha value is -1.72. The van der Waals surface area contributed by atoms with E-state index in [1.54, 1.807) is 7.05 Å². The van der Waals surface area contributed by atoms with Gasteiger partial charge in [0.1, 0.15) is 0 Å². The van der Waals surface area contributed by atoms with E-state index in [0.717, 1.165) is 54.7 Å². The summed E-state index contributed by atoms with van der Waals surface area (Å²) in [5, 5.41) is 20.5. The number of aryl methyl sites for hydroxylation is 2. The summed E-state index contributed by atoms with van der Waals surface area (Å²) >= 11 is 0. The van der Waals surface area contributed by atoms with Gasteiger partial charge in [0.05, 0.1) is 12.3 Å². The van der Waals surface area contributed by atoms with Crippen molar-refractivity contribution in [1.29, 1.82) is 0 Å². The third-order valence-electron chi connectivity index (χ3n) is 5.18. The average molecular weight is 514 g/mol. The van der Waals surface area contributed by atoms with Gasteiger partial charge in [-0.2, -0.15) is 5.10 Å². The zero-order valence-corrected chi connectivity index (χ0v) is 19.6. The molecule has 3 heterocycles. The maximum atomic E-state index is 9.35. The maximum absolute atomic E-state index is 9.35. The Balaban J connectivity index is 0.00000300. The Kier molecular flexibility index (Phi) is 8.84. The molecule has 1 unspecified atom stereocenters. The Morgan fingerprint density at radius 2 is 2.17 bits per heavy atom. The summed E-state index contributed by atoms with van der Waals surface area (Å²) in [5.41, 5.74) is 3.08. The number of rotatable bonds is 7. The van der Waals surface area contributed by atoms with Crippen LogP contribution in [-0.2, 0) is 11.3 Å². The first-order chi connectivity index (χ1) is 13.5. The van der Waals surface area contributed by atoms with Crippen LogP contribution in [0, 0.1) is 19.3 Å². The minimum Gasteiger partial charge on any atom is -0.396 e. The number of aliphatic imine (C=N–C) groups is 1. The normalized spacial score (nSPS) is 19.1. The molecule has 1 atom stereocenters. The quantitative estimate of drug-likeness (QED) is 0.297. The molecule has 1 aliphatic heterocycles. The fraction of sp³-hybridized carbons (Fsp3) is 0.550. The van der Waals surface area contributed by atoms with E-state index in [-0.39, 0.29) is 36.0 Å². The number of halogens is 1. The van der Waals surface area contributed by atoms with Crippen molar-refractivity contribution in [2.45, 2.75) is 33.2 Å². The Morgan fingerprint density at radius 3 is 2.72 bits per heavy atom. The third kappa shape index (κ3) is 6.13. The van der Waals surface area contributed by atoms with E-state index in [1.165, 1.54) is 0 Å². The molecule has 9 heteroatoms. The van der Waals surface area contributed by atoms with Crippen LogP contribution in [0.15, 0.2) is 29.4 Å². The largest absolute Gasteiger partial charge is 0.396 e. The van der Waals surface area contributed by atoms with Crippen molar-refractivity contribution in [3.63, 3.8) is 0 Å². The van der Waals surface area contributed by atoms with E-state index in [2.05, 4.69) is 25.7 Å². The third-order valence-corrected chi connectivity index (χ3v) is 5.18. The molecule has 160 valence electrons. The predicted molar refractivity (Wildman–Crippen MR) is 124 cm³/mol. The SMILES string of the molecule is CN=C(NCc1ccc(-n2nc(C)cc2C)nc1)NCC1(CCO)CCOC1.I. The van der Waals surface area contributed by atoms with Crippen LogP contribution in [0.2, 0.25) is 0 Å². The molecule has 1 saturated heterocycles. The lowest BCUT2D eigenvalue weighted by Crippen LogP contribution is -2.44. The highest BCUT2D eigenvalue weighted by Crippen LogP contribution is 2.31. The van der Waals surface area contributed by atoms with Crippen LogP contribution in [0.1, 0.15) is 29.8 Å². The highest BCUT2D eigenvalue weighted by atomic mass is 127. The fourth-order valence-electron chi connectivity index (χ4n) is 3.50. The second kappa shape index (κ2) is 10.9. The van der Waals surface area contributed by atoms with Gasteiger partial charge >= 0.3 is 0 Å². The van der Waals surface area contributed by atoms with E-state index in [0.29, 0.717) is 13.2 Å². The van der Waals surface area contributed by atoms with Gasteiger partial charge in [-0.05, 0) is 44.4 Å². The summed E-state index contributed by atoms with van der Waals surface area (Å²) in [6, 6.07) is 6.04. The van der Waals surface area contributed by atoms with E-state index < -0.39 is 0 Å². The summed E-state index contributed by atoms with van der Waals surface area (Å²) in [4.78, 5) is 8.82. The van der Waals surface area contributed by atoms with Crippen molar-refractivity contribution in [3.05, 3.63) is 41.3 Å². The molecule has 1 aliphatic rings. The molecule has 2 aromatic heterocycles. The van der Waals surface area contributed by atoms with Gasteiger partial charge in [-0.15, -0.1) is 24.0 Å². The zero-order chi connectivity index (χ0) is 20.0. The van der Waals surface area contributed by atoms with E-state index >= 15 is 0 Å². The minimum atomic E-state index is -0.0185. The molecule has 0 aromatic carbocycles. The highest BCUT2D eigenvalue weighted by Gasteiger charge is 2.34. The number of nitrogens with one attached hydrogen (secondary N) is 2. The summed E-state index contributed by atoms with van der Waals surface area (Å²) in [6.07, 6.45) is 3.54. The zero-order valence-electron chi connectivity index (χ0n) is 17.3. The minimum absolute atomic E-state index is 0. The molecule has 0 bridgehead atoms. The first-order valence-electron chi connectivity index (χ1n) is 9.67. The van der Waals surface area contributed by atoms with Crippen LogP contribution in [0.3, 0.4) is 0 Å². The van der Waals surface area contributed by atoms with Gasteiger partial charge in [0.15, 0.2) is 11.8 Å². The summed E-state index contributed by atoms with van der Waals surface area (Å²) in [7, 11) is 1.75. The molecule has 29 heavy (non-hydrogen) atoms. The van der Waals surface area contributed by atoms with Crippen LogP contribution in [-0.4, -0.2) is 59.2 Å². The Bertz CT molecular complexity index is 800. The van der Waals surface area contributed by atoms with Gasteiger partial charge in [-0.1, -0.05) is 6.07 Å². The molecule has 0 radical (unpaired) electrons. The molecule has 0 saturated carbocycles. The smallest absolute Gasteiger partial charge is 0.191 e. The fourth-order valence-corrected chi connectivity index (χ4v) is 3.50. The highest BCUT2D eigenvalue weighted by molar-refractivity contribution is 14.0. The van der Waals surface area contributed by atoms with Gasteiger partial charge in [-0.25, -0.2) is 9.67 Å². The molecule has 0 aliphatic carbocycles. The second-order valence-electron chi connectivity index (χ2n) is 7.42. The molecule has 0 amide bonds. The van der Waals surface area contributed by atoms with Crippen molar-refractivity contribution >= 4 is 29.9 Å². The lowest BCUT2D eigenvalue weighted by Gasteiger charge is -2.27. The summed E-state index contributed by atoms with van der Waals surface area (Å²) in [6.45, 7) is 6.94. The van der Waals surface area contributed by atoms with Crippen LogP contribution < -0.4 is 10.6 Å². The predicted octanol–water partition coefficient (Wildman–Crippen LogP) is 1.96. The lowest BCUT2D eigenvalue weighted by molar-refractivity contribution is 0.127. The number of nitrogens with zero attached hydrogens (tertiary/aromatic N) is 4. The molecule has 0 spiro atoms. The average Bonchev–Trinajstić information content (AvgIpc) is 3.29. The summed E-state index contributed by atoms with van der Waals surface area (Å²) < 4.78 is 7.38. The maximum Gasteiger partial charge on any atom is 0.191 e. The number of aliphatic hydroxyl groups excluding tert-OH is 1. The van der Waals surface area contributed by atoms with Crippen molar-refractivity contribution in [3.8, 4) is 5.82 Å². The van der Waals surface area contributed by atoms with Crippen molar-refractivity contribution in [2.24, 2.45) is 10.4 Å². The monoisotopic (exact) mass is 514 g/mol. The van der Waals surface area contributed by atoms with Gasteiger partial charge < -0.3 is 20.5 Å². The second-order valence-corrected chi connectivity index (χ2v) is 7.42. The topological polar surface area (TPSA) is 96.6 Å². The van der Waals surface area contributed by atoms with Crippen molar-refractivity contribution in [2.75, 3.05) is 33.4 Å². The number of pyridine rings is 1. The van der Waals surface area contributed by atoms with Crippen LogP contribution in [0.4, 0.5) is 0 Å². The number of hydrogen-bond acceptors (Lipinski definition) is 5. The summed E-state index contributed by atoms with van der Waals surface area (Å²) in [5.74, 6) is 1.54. The van der Waals surface area contributed by atoms with E-state index in [4.69, 9.17) is 4.74 Å². The molecule has 2 aromatic rings. The van der Waals surface area contributed by atoms with E-state index in [1.807, 2.05) is 42.9 Å². The first kappa shape index (κ1) is 23.6. The molecule has 3 N–H and O–H groups in total. The lowest BCUT2D eigenvalue weighted by atomic mass is 9.84. The Morgan fingerprint density at radius 1 is 1.34 bits per heavy atom.